The van der Waals surface area contributed by atoms with Crippen molar-refractivity contribution in [2.45, 2.75) is 280 Å². The minimum atomic E-state index is -2.64. The fourth-order valence-electron chi connectivity index (χ4n) is 9.36. The molecule has 0 aromatic carbocycles. The second-order valence-corrected chi connectivity index (χ2v) is 21.6. The molecule has 0 aromatic heterocycles. The van der Waals surface area contributed by atoms with Gasteiger partial charge < -0.3 is 130 Å². The van der Waals surface area contributed by atoms with Gasteiger partial charge in [-0.1, -0.05) is 155 Å². The number of hydrogen-bond donors (Lipinski definition) is 19. The third-order valence-electron chi connectivity index (χ3n) is 14.6. The molecule has 0 amide bonds. The van der Waals surface area contributed by atoms with Crippen LogP contribution in [0.3, 0.4) is 0 Å². The van der Waals surface area contributed by atoms with Crippen LogP contribution >= 0.6 is 0 Å². The van der Waals surface area contributed by atoms with Crippen LogP contribution in [0.1, 0.15) is 187 Å². The Labute approximate surface area is 495 Å². The molecule has 0 saturated carbocycles. The highest BCUT2D eigenvalue weighted by Crippen LogP contribution is 2.30. The Hall–Kier alpha value is -2.78. The van der Waals surface area contributed by atoms with Crippen molar-refractivity contribution in [3.05, 3.63) is 34.6 Å². The van der Waals surface area contributed by atoms with Crippen molar-refractivity contribution in [2.24, 2.45) is 0 Å². The average molecular weight is 1220 g/mol. The van der Waals surface area contributed by atoms with Crippen molar-refractivity contribution in [3.8, 4) is 0 Å². The van der Waals surface area contributed by atoms with Gasteiger partial charge in [0.25, 0.3) is 0 Å². The molecule has 1 rings (SSSR count). The first kappa shape index (κ1) is 79.2. The van der Waals surface area contributed by atoms with E-state index >= 15 is 0 Å². The molecule has 3 unspecified atom stereocenters. The number of rotatable bonds is 54. The molecule has 0 radical (unpaired) electrons. The van der Waals surface area contributed by atoms with Gasteiger partial charge in [0.2, 0.25) is 18.9 Å². The minimum Gasteiger partial charge on any atom is -0.506 e. The van der Waals surface area contributed by atoms with Crippen LogP contribution in [0.25, 0.3) is 0 Å². The largest absolute Gasteiger partial charge is 0.506 e. The lowest BCUT2D eigenvalue weighted by Gasteiger charge is -2.43. The highest BCUT2D eigenvalue weighted by molar-refractivity contribution is 5.08. The Morgan fingerprint density at radius 3 is 1.05 bits per heavy atom. The molecule has 1 aliphatic rings. The predicted molar refractivity (Wildman–Crippen MR) is 305 cm³/mol. The van der Waals surface area contributed by atoms with E-state index in [4.69, 9.17) is 33.2 Å². The topological polar surface area (TPSA) is 449 Å². The number of aliphatic hydroxyl groups is 19. The smallest absolute Gasteiger partial charge is 0.217 e. The van der Waals surface area contributed by atoms with Gasteiger partial charge in [-0.15, -0.1) is 0 Å². The lowest BCUT2D eigenvalue weighted by molar-refractivity contribution is -0.330. The third kappa shape index (κ3) is 31.4. The van der Waals surface area contributed by atoms with Crippen LogP contribution in [0.4, 0.5) is 0 Å². The predicted octanol–water partition coefficient (Wildman–Crippen LogP) is 3.93. The second-order valence-electron chi connectivity index (χ2n) is 21.6. The maximum Gasteiger partial charge on any atom is 0.217 e. The van der Waals surface area contributed by atoms with E-state index in [2.05, 4.69) is 13.8 Å². The van der Waals surface area contributed by atoms with Crippen LogP contribution in [0.5, 0.6) is 0 Å². The van der Waals surface area contributed by atoms with Crippen LogP contribution in [-0.4, -0.2) is 242 Å². The quantitative estimate of drug-likeness (QED) is 0.0233. The van der Waals surface area contributed by atoms with Gasteiger partial charge in [-0.3, -0.25) is 0 Å². The fourth-order valence-corrected chi connectivity index (χ4v) is 9.36. The van der Waals surface area contributed by atoms with Gasteiger partial charge in [-0.2, -0.15) is 0 Å². The number of unbranched alkanes of at least 4 members (excludes halogenated alkanes) is 22. The normalized spacial score (nSPS) is 22.2. The van der Waals surface area contributed by atoms with Gasteiger partial charge in [0.1, 0.15) is 67.1 Å². The Morgan fingerprint density at radius 2 is 0.702 bits per heavy atom. The highest BCUT2D eigenvalue weighted by atomic mass is 16.7. The van der Waals surface area contributed by atoms with Crippen molar-refractivity contribution in [3.63, 3.8) is 0 Å². The molecule has 1 fully saturated rings. The Kier molecular flexibility index (Phi) is 45.4. The maximum absolute atomic E-state index is 11.5. The summed E-state index contributed by atoms with van der Waals surface area (Å²) in [5.41, 5.74) is 0. The SMILES string of the molecule is CCCCCCCCCCCCCCO[C@H]([C@@H](OCCCCCCCCCCCCCC)[C@H](CO[C@H](O)/C(O)=C(/O)[C@H](O)CCO)O[C@H](O)/C(O)=C(/O)[C@H](O)CCO)[C@H](CO[C@H](O)/C(O)=C(/O)[C@H](O)CCO)O[C@@H]1OC(CO)[C@@H](O)C(O)C1O. The molecule has 15 atom stereocenters. The van der Waals surface area contributed by atoms with Crippen LogP contribution in [-0.2, 0) is 33.2 Å². The third-order valence-corrected chi connectivity index (χ3v) is 14.6. The molecule has 498 valence electrons. The summed E-state index contributed by atoms with van der Waals surface area (Å²) in [4.78, 5) is 0. The van der Waals surface area contributed by atoms with E-state index in [-0.39, 0.29) is 13.2 Å². The molecule has 0 aromatic rings. The fraction of sp³-hybridized carbons (Fsp3) is 0.897. The Balaban J connectivity index is 4.12. The van der Waals surface area contributed by atoms with Crippen molar-refractivity contribution in [2.75, 3.05) is 52.9 Å². The molecule has 26 nitrogen and oxygen atoms in total. The first-order valence-electron chi connectivity index (χ1n) is 30.6. The Bertz CT molecular complexity index is 1710. The lowest BCUT2D eigenvalue weighted by atomic mass is 9.98. The lowest BCUT2D eigenvalue weighted by Crippen LogP contribution is -2.61. The zero-order valence-corrected chi connectivity index (χ0v) is 49.8. The molecular weight excluding hydrogens is 1110 g/mol. The van der Waals surface area contributed by atoms with Crippen LogP contribution in [0, 0.1) is 0 Å². The maximum atomic E-state index is 11.5. The molecule has 1 heterocycles. The number of hydrogen-bond acceptors (Lipinski definition) is 26. The molecule has 0 aliphatic carbocycles. The van der Waals surface area contributed by atoms with Gasteiger partial charge in [0.15, 0.2) is 40.8 Å². The zero-order chi connectivity index (χ0) is 62.8. The van der Waals surface area contributed by atoms with Gasteiger partial charge >= 0.3 is 0 Å². The first-order chi connectivity index (χ1) is 40.3. The van der Waals surface area contributed by atoms with E-state index < -0.39 is 186 Å². The summed E-state index contributed by atoms with van der Waals surface area (Å²) in [6, 6.07) is 0. The summed E-state index contributed by atoms with van der Waals surface area (Å²) in [6.07, 6.45) is -8.64. The average Bonchev–Trinajstić information content (AvgIpc) is 2.51. The number of ether oxygens (including phenoxy) is 7. The molecule has 1 saturated heterocycles. The summed E-state index contributed by atoms with van der Waals surface area (Å²) in [5.74, 6) is -7.72. The molecule has 0 spiro atoms. The molecule has 84 heavy (non-hydrogen) atoms. The molecule has 26 heteroatoms. The zero-order valence-electron chi connectivity index (χ0n) is 49.8. The van der Waals surface area contributed by atoms with Crippen LogP contribution in [0.15, 0.2) is 34.6 Å². The molecular formula is C58H110O26. The standard InChI is InChI=1S/C58H110O26/c1-3-5-7-9-11-13-15-17-19-21-23-25-33-78-53(42(82-57(77)51(73)46(68)40(65)29-32-61)36-80-55(75)49(71)44(66)38(63)27-30-59)54(79-34-26-24-22-20-18-16-14-12-10-8-6-4-2)43(37-81-56(76)50(72)45(67)39(64)28-31-60)84-58-52(74)48(70)47(69)41(35-62)83-58/h38-43,47-48,52-77H,3-37H2,1-2H3/b49-44-,50-45-,51-46-/t38-,39-,40-,41?,42+,43+,47-,48?,52?,53+,54+,55+,56+,57+,58+/m1/s1. The van der Waals surface area contributed by atoms with Gasteiger partial charge in [-0.05, 0) is 12.8 Å². The van der Waals surface area contributed by atoms with Gasteiger partial charge in [-0.25, -0.2) is 0 Å². The van der Waals surface area contributed by atoms with E-state index in [1.54, 1.807) is 0 Å². The van der Waals surface area contributed by atoms with Gasteiger partial charge in [0, 0.05) is 52.3 Å². The highest BCUT2D eigenvalue weighted by Gasteiger charge is 2.48. The first-order valence-corrected chi connectivity index (χ1v) is 30.6. The van der Waals surface area contributed by atoms with Crippen LogP contribution in [0.2, 0.25) is 0 Å². The summed E-state index contributed by atoms with van der Waals surface area (Å²) >= 11 is 0. The number of aliphatic hydroxyl groups excluding tert-OH is 19. The van der Waals surface area contributed by atoms with E-state index in [0.717, 1.165) is 89.9 Å². The van der Waals surface area contributed by atoms with E-state index in [0.29, 0.717) is 25.7 Å². The summed E-state index contributed by atoms with van der Waals surface area (Å²) in [5, 5.41) is 200. The Morgan fingerprint density at radius 1 is 0.381 bits per heavy atom. The monoisotopic (exact) mass is 1220 g/mol. The molecule has 19 N–H and O–H groups in total. The summed E-state index contributed by atoms with van der Waals surface area (Å²) < 4.78 is 42.1. The van der Waals surface area contributed by atoms with Crippen molar-refractivity contribution in [1.82, 2.24) is 0 Å². The molecule has 1 aliphatic heterocycles. The second kappa shape index (κ2) is 48.2. The van der Waals surface area contributed by atoms with E-state index in [9.17, 15) is 97.0 Å². The van der Waals surface area contributed by atoms with E-state index in [1.165, 1.54) is 38.5 Å². The van der Waals surface area contributed by atoms with Crippen molar-refractivity contribution >= 4 is 0 Å². The summed E-state index contributed by atoms with van der Waals surface area (Å²) in [7, 11) is 0. The minimum absolute atomic E-state index is 0.171. The molecule has 0 bridgehead atoms. The van der Waals surface area contributed by atoms with Crippen molar-refractivity contribution < 1.29 is 130 Å². The van der Waals surface area contributed by atoms with E-state index in [1.807, 2.05) is 0 Å². The summed E-state index contributed by atoms with van der Waals surface area (Å²) in [6.45, 7) is -1.02. The van der Waals surface area contributed by atoms with Gasteiger partial charge in [0.05, 0.1) is 19.8 Å². The van der Waals surface area contributed by atoms with Crippen LogP contribution < -0.4 is 0 Å². The van der Waals surface area contributed by atoms with Crippen molar-refractivity contribution in [1.29, 1.82) is 0 Å².